The Kier molecular flexibility index (Phi) is 8.30. The highest BCUT2D eigenvalue weighted by Crippen LogP contribution is 2.23. The molecular weight excluding hydrogens is 262 g/mol. The average molecular weight is 285 g/mol. The zero-order valence-corrected chi connectivity index (χ0v) is 12.3. The number of benzene rings is 1. The van der Waals surface area contributed by atoms with E-state index >= 15 is 0 Å². The zero-order chi connectivity index (χ0) is 13.9. The summed E-state index contributed by atoms with van der Waals surface area (Å²) in [6.45, 7) is 7.27. The van der Waals surface area contributed by atoms with Crippen molar-refractivity contribution in [3.8, 4) is 5.75 Å². The molecule has 1 aromatic carbocycles. The first-order chi connectivity index (χ1) is 9.27. The van der Waals surface area contributed by atoms with Crippen molar-refractivity contribution in [2.45, 2.75) is 12.8 Å². The quantitative estimate of drug-likeness (QED) is 0.527. The topological polar surface area (TPSA) is 35.1 Å². The van der Waals surface area contributed by atoms with Gasteiger partial charge in [-0.2, -0.15) is 0 Å². The maximum absolute atomic E-state index is 5.98. The van der Waals surface area contributed by atoms with Crippen LogP contribution >= 0.6 is 11.6 Å². The Balaban J connectivity index is 2.30. The minimum Gasteiger partial charge on any atom is -0.487 e. The SMILES string of the molecule is C=CCc1cc(Cl)ccc1OCC[NH2+]CCCOC. The van der Waals surface area contributed by atoms with Gasteiger partial charge in [0, 0.05) is 18.6 Å². The minimum atomic E-state index is 0.693. The lowest BCUT2D eigenvalue weighted by Crippen LogP contribution is -2.85. The molecule has 0 fully saturated rings. The van der Waals surface area contributed by atoms with Gasteiger partial charge < -0.3 is 14.8 Å². The van der Waals surface area contributed by atoms with Crippen LogP contribution in [0.2, 0.25) is 5.02 Å². The fourth-order valence-corrected chi connectivity index (χ4v) is 1.97. The maximum Gasteiger partial charge on any atom is 0.137 e. The highest BCUT2D eigenvalue weighted by molar-refractivity contribution is 6.30. The van der Waals surface area contributed by atoms with Gasteiger partial charge in [0.15, 0.2) is 0 Å². The summed E-state index contributed by atoms with van der Waals surface area (Å²) in [5.74, 6) is 0.898. The summed E-state index contributed by atoms with van der Waals surface area (Å²) >= 11 is 5.98. The highest BCUT2D eigenvalue weighted by atomic mass is 35.5. The number of rotatable bonds is 10. The van der Waals surface area contributed by atoms with Crippen molar-refractivity contribution in [2.24, 2.45) is 0 Å². The van der Waals surface area contributed by atoms with Gasteiger partial charge >= 0.3 is 0 Å². The van der Waals surface area contributed by atoms with Crippen molar-refractivity contribution in [2.75, 3.05) is 33.4 Å². The van der Waals surface area contributed by atoms with E-state index in [0.717, 1.165) is 48.9 Å². The number of hydrogen-bond acceptors (Lipinski definition) is 2. The van der Waals surface area contributed by atoms with Crippen LogP contribution in [0.15, 0.2) is 30.9 Å². The van der Waals surface area contributed by atoms with E-state index in [0.29, 0.717) is 6.61 Å². The molecule has 4 heteroatoms. The molecule has 2 N–H and O–H groups in total. The summed E-state index contributed by atoms with van der Waals surface area (Å²) in [7, 11) is 1.73. The van der Waals surface area contributed by atoms with Crippen LogP contribution in [-0.4, -0.2) is 33.4 Å². The van der Waals surface area contributed by atoms with E-state index in [1.807, 2.05) is 24.3 Å². The van der Waals surface area contributed by atoms with E-state index in [2.05, 4.69) is 11.9 Å². The van der Waals surface area contributed by atoms with Gasteiger partial charge in [0.05, 0.1) is 13.2 Å². The van der Waals surface area contributed by atoms with Crippen LogP contribution in [0, 0.1) is 0 Å². The Hall–Kier alpha value is -1.03. The summed E-state index contributed by atoms with van der Waals surface area (Å²) in [5.41, 5.74) is 1.09. The van der Waals surface area contributed by atoms with E-state index in [9.17, 15) is 0 Å². The first kappa shape index (κ1) is 16.0. The molecule has 0 spiro atoms. The van der Waals surface area contributed by atoms with Crippen LogP contribution in [0.5, 0.6) is 5.75 Å². The highest BCUT2D eigenvalue weighted by Gasteiger charge is 2.03. The molecule has 0 amide bonds. The van der Waals surface area contributed by atoms with Gasteiger partial charge in [-0.25, -0.2) is 0 Å². The standard InChI is InChI=1S/C15H22ClNO2/c1-3-5-13-12-14(16)6-7-15(13)19-11-9-17-8-4-10-18-2/h3,6-7,12,17H,1,4-5,8-11H2,2H3/p+1. The number of methoxy groups -OCH3 is 1. The number of nitrogens with two attached hydrogens (primary N) is 1. The molecule has 19 heavy (non-hydrogen) atoms. The molecule has 0 atom stereocenters. The molecule has 0 heterocycles. The number of allylic oxidation sites excluding steroid dienone is 1. The summed E-state index contributed by atoms with van der Waals surface area (Å²) in [5, 5.41) is 2.97. The molecule has 0 aromatic heterocycles. The van der Waals surface area contributed by atoms with Crippen molar-refractivity contribution in [3.05, 3.63) is 41.4 Å². The molecule has 0 aliphatic carbocycles. The van der Waals surface area contributed by atoms with Crippen molar-refractivity contribution in [1.29, 1.82) is 0 Å². The maximum atomic E-state index is 5.98. The molecular formula is C15H23ClNO2+. The Morgan fingerprint density at radius 3 is 2.89 bits per heavy atom. The van der Waals surface area contributed by atoms with Gasteiger partial charge in [0.25, 0.3) is 0 Å². The molecule has 0 saturated carbocycles. The first-order valence-electron chi connectivity index (χ1n) is 6.60. The van der Waals surface area contributed by atoms with Gasteiger partial charge in [-0.1, -0.05) is 17.7 Å². The van der Waals surface area contributed by atoms with Crippen LogP contribution < -0.4 is 10.1 Å². The zero-order valence-electron chi connectivity index (χ0n) is 11.5. The van der Waals surface area contributed by atoms with E-state index in [-0.39, 0.29) is 0 Å². The number of hydrogen-bond donors (Lipinski definition) is 1. The lowest BCUT2D eigenvalue weighted by Gasteiger charge is -2.10. The smallest absolute Gasteiger partial charge is 0.137 e. The third kappa shape index (κ3) is 6.62. The second kappa shape index (κ2) is 9.84. The predicted octanol–water partition coefficient (Wildman–Crippen LogP) is 2.05. The Morgan fingerprint density at radius 1 is 1.32 bits per heavy atom. The molecule has 0 unspecified atom stereocenters. The van der Waals surface area contributed by atoms with Crippen molar-refractivity contribution in [1.82, 2.24) is 0 Å². The molecule has 0 saturated heterocycles. The summed E-state index contributed by atoms with van der Waals surface area (Å²) in [6, 6.07) is 5.71. The fourth-order valence-electron chi connectivity index (χ4n) is 1.77. The van der Waals surface area contributed by atoms with Crippen molar-refractivity contribution < 1.29 is 14.8 Å². The Morgan fingerprint density at radius 2 is 2.16 bits per heavy atom. The molecule has 0 aliphatic rings. The molecule has 0 bridgehead atoms. The van der Waals surface area contributed by atoms with E-state index in [1.165, 1.54) is 0 Å². The van der Waals surface area contributed by atoms with Crippen LogP contribution in [0.3, 0.4) is 0 Å². The van der Waals surface area contributed by atoms with Gasteiger partial charge in [-0.15, -0.1) is 6.58 Å². The van der Waals surface area contributed by atoms with Gasteiger partial charge in [0.1, 0.15) is 18.9 Å². The third-order valence-corrected chi connectivity index (χ3v) is 2.96. The summed E-state index contributed by atoms with van der Waals surface area (Å²) in [4.78, 5) is 0. The lowest BCUT2D eigenvalue weighted by molar-refractivity contribution is -0.655. The molecule has 0 radical (unpaired) electrons. The molecule has 106 valence electrons. The summed E-state index contributed by atoms with van der Waals surface area (Å²) in [6.07, 6.45) is 3.70. The predicted molar refractivity (Wildman–Crippen MR) is 79.0 cm³/mol. The average Bonchev–Trinajstić information content (AvgIpc) is 2.40. The minimum absolute atomic E-state index is 0.693. The molecule has 1 aromatic rings. The molecule has 0 aliphatic heterocycles. The van der Waals surface area contributed by atoms with Crippen molar-refractivity contribution in [3.63, 3.8) is 0 Å². The van der Waals surface area contributed by atoms with Crippen molar-refractivity contribution >= 4 is 11.6 Å². The number of halogens is 1. The van der Waals surface area contributed by atoms with E-state index < -0.39 is 0 Å². The van der Waals surface area contributed by atoms with Crippen LogP contribution in [0.25, 0.3) is 0 Å². The fraction of sp³-hybridized carbons (Fsp3) is 0.467. The number of ether oxygens (including phenoxy) is 2. The van der Waals surface area contributed by atoms with E-state index in [1.54, 1.807) is 7.11 Å². The monoisotopic (exact) mass is 284 g/mol. The molecule has 1 rings (SSSR count). The second-order valence-electron chi connectivity index (χ2n) is 4.31. The third-order valence-electron chi connectivity index (χ3n) is 2.72. The van der Waals surface area contributed by atoms with Gasteiger partial charge in [0.2, 0.25) is 0 Å². The van der Waals surface area contributed by atoms with Crippen LogP contribution in [0.4, 0.5) is 0 Å². The van der Waals surface area contributed by atoms with Crippen LogP contribution in [-0.2, 0) is 11.2 Å². The largest absolute Gasteiger partial charge is 0.487 e. The number of quaternary nitrogens is 1. The lowest BCUT2D eigenvalue weighted by atomic mass is 10.1. The second-order valence-corrected chi connectivity index (χ2v) is 4.74. The van der Waals surface area contributed by atoms with E-state index in [4.69, 9.17) is 21.1 Å². The summed E-state index contributed by atoms with van der Waals surface area (Å²) < 4.78 is 10.8. The van der Waals surface area contributed by atoms with Gasteiger partial charge in [-0.05, 0) is 30.2 Å². The molecule has 3 nitrogen and oxygen atoms in total. The van der Waals surface area contributed by atoms with Gasteiger partial charge in [-0.3, -0.25) is 0 Å². The Labute approximate surface area is 120 Å². The normalized spacial score (nSPS) is 10.4. The first-order valence-corrected chi connectivity index (χ1v) is 6.98. The Bertz CT molecular complexity index is 382. The van der Waals surface area contributed by atoms with Crippen LogP contribution in [0.1, 0.15) is 12.0 Å².